The van der Waals surface area contributed by atoms with Gasteiger partial charge in [-0.2, -0.15) is 9.97 Å². The van der Waals surface area contributed by atoms with Crippen LogP contribution in [0.3, 0.4) is 0 Å². The molecule has 0 saturated heterocycles. The number of hydrogen-bond donors (Lipinski definition) is 0. The molecule has 1 aromatic heterocycles. The highest BCUT2D eigenvalue weighted by Gasteiger charge is 2.20. The number of aromatic nitrogens is 3. The normalized spacial score (nSPS) is 11.3. The van der Waals surface area contributed by atoms with Crippen LogP contribution in [0.5, 0.6) is 0 Å². The highest BCUT2D eigenvalue weighted by atomic mass is 35.5. The van der Waals surface area contributed by atoms with Crippen molar-refractivity contribution in [3.63, 3.8) is 0 Å². The second-order valence-electron chi connectivity index (χ2n) is 7.83. The molecule has 0 atom stereocenters. The summed E-state index contributed by atoms with van der Waals surface area (Å²) in [5.74, 6) is 0.461. The molecule has 0 saturated carbocycles. The second-order valence-corrected chi connectivity index (χ2v) is 8.17. The predicted molar refractivity (Wildman–Crippen MR) is 148 cm³/mol. The van der Waals surface area contributed by atoms with E-state index in [4.69, 9.17) is 66.5 Å². The third-order valence-corrected chi connectivity index (χ3v) is 6.04. The van der Waals surface area contributed by atoms with Crippen LogP contribution in [0.15, 0.2) is 42.5 Å². The maximum absolute atomic E-state index is 6.51. The molecule has 0 aliphatic carbocycles. The fourth-order valence-corrected chi connectivity index (χ4v) is 4.25. The van der Waals surface area contributed by atoms with Crippen LogP contribution in [0.1, 0.15) is 0 Å². The van der Waals surface area contributed by atoms with Gasteiger partial charge in [-0.15, -0.1) is 10.9 Å². The van der Waals surface area contributed by atoms with E-state index in [0.717, 1.165) is 16.3 Å². The first-order valence-corrected chi connectivity index (χ1v) is 10.5. The van der Waals surface area contributed by atoms with E-state index in [-0.39, 0.29) is 54.9 Å². The van der Waals surface area contributed by atoms with Gasteiger partial charge in [0.15, 0.2) is 11.6 Å². The molecule has 0 bridgehead atoms. The number of benzene rings is 4. The molecule has 34 heavy (non-hydrogen) atoms. The smallest absolute Gasteiger partial charge is 0.208 e. The molecule has 4 aromatic carbocycles. The maximum Gasteiger partial charge on any atom is 0.226 e. The Bertz CT molecular complexity index is 1660. The summed E-state index contributed by atoms with van der Waals surface area (Å²) >= 11 is 6.28. The van der Waals surface area contributed by atoms with Crippen molar-refractivity contribution in [2.24, 2.45) is 0 Å². The Morgan fingerprint density at radius 3 is 1.76 bits per heavy atom. The van der Waals surface area contributed by atoms with Gasteiger partial charge in [0, 0.05) is 11.1 Å². The summed E-state index contributed by atoms with van der Waals surface area (Å²) in [7, 11) is 43.7. The van der Waals surface area contributed by atoms with Crippen LogP contribution >= 0.6 is 11.6 Å². The van der Waals surface area contributed by atoms with E-state index < -0.39 is 0 Å². The number of rotatable bonds is 2. The third kappa shape index (κ3) is 3.51. The van der Waals surface area contributed by atoms with Crippen LogP contribution < -0.4 is 38.2 Å². The first-order chi connectivity index (χ1) is 16.2. The first kappa shape index (κ1) is 22.9. The van der Waals surface area contributed by atoms with Crippen molar-refractivity contribution in [2.45, 2.75) is 0 Å². The zero-order chi connectivity index (χ0) is 24.3. The topological polar surface area (TPSA) is 38.7 Å². The van der Waals surface area contributed by atoms with E-state index in [2.05, 4.69) is 15.0 Å². The van der Waals surface area contributed by atoms with Crippen molar-refractivity contribution >= 4 is 126 Å². The van der Waals surface area contributed by atoms with E-state index in [0.29, 0.717) is 16.6 Å². The Morgan fingerprint density at radius 1 is 0.529 bits per heavy atom. The van der Waals surface area contributed by atoms with E-state index >= 15 is 0 Å². The molecule has 0 unspecified atom stereocenters. The van der Waals surface area contributed by atoms with Crippen molar-refractivity contribution < 1.29 is 0 Å². The summed E-state index contributed by atoms with van der Waals surface area (Å²) in [6.45, 7) is 0. The highest BCUT2D eigenvalue weighted by molar-refractivity contribution is 6.72. The highest BCUT2D eigenvalue weighted by Crippen LogP contribution is 2.24. The van der Waals surface area contributed by atoms with Gasteiger partial charge in [-0.3, -0.25) is 0 Å². The standard InChI is InChI=1S/C23H7B7ClN3/c24-14-11-12(17(27)20(30)19(29)16(11)26)15(25)18(28)13(14)22-32-21(33-23(31)34-22)10-6-5-8-3-1-2-4-9(8)7-10/h1-7H. The molecule has 0 spiro atoms. The Balaban J connectivity index is 1.80. The SMILES string of the molecule is [B]c1c([B])c([B])c2c([B])c(-c3nc(Cl)nc(-c4ccc5ccccc5c4)n3)c([B])c([B])c2c1[B]. The number of nitrogens with zero attached hydrogens (tertiary/aromatic N) is 3. The zero-order valence-corrected chi connectivity index (χ0v) is 18.6. The molecule has 14 radical (unpaired) electrons. The molecule has 0 amide bonds. The van der Waals surface area contributed by atoms with Crippen LogP contribution in [0.25, 0.3) is 44.3 Å². The average molecular weight is 436 g/mol. The van der Waals surface area contributed by atoms with Gasteiger partial charge >= 0.3 is 0 Å². The molecule has 11 heteroatoms. The summed E-state index contributed by atoms with van der Waals surface area (Å²) in [5, 5.41) is 2.68. The van der Waals surface area contributed by atoms with Crippen molar-refractivity contribution in [2.75, 3.05) is 0 Å². The molecule has 0 aliphatic heterocycles. The van der Waals surface area contributed by atoms with E-state index in [1.54, 1.807) is 0 Å². The van der Waals surface area contributed by atoms with Crippen molar-refractivity contribution in [1.82, 2.24) is 15.0 Å². The minimum atomic E-state index is -0.0464. The molecule has 1 heterocycles. The van der Waals surface area contributed by atoms with Crippen LogP contribution in [-0.2, 0) is 0 Å². The molecule has 0 aliphatic rings. The lowest BCUT2D eigenvalue weighted by atomic mass is 9.59. The lowest BCUT2D eigenvalue weighted by Gasteiger charge is -2.24. The van der Waals surface area contributed by atoms with Crippen molar-refractivity contribution in [1.29, 1.82) is 0 Å². The van der Waals surface area contributed by atoms with Crippen molar-refractivity contribution in [3.05, 3.63) is 47.7 Å². The molecule has 5 aromatic rings. The summed E-state index contributed by atoms with van der Waals surface area (Å²) in [4.78, 5) is 13.1. The molecule has 0 fully saturated rings. The predicted octanol–water partition coefficient (Wildman–Crippen LogP) is -2.28. The van der Waals surface area contributed by atoms with Gasteiger partial charge in [0.1, 0.15) is 54.9 Å². The second kappa shape index (κ2) is 8.43. The van der Waals surface area contributed by atoms with E-state index in [1.807, 2.05) is 42.5 Å². The monoisotopic (exact) mass is 437 g/mol. The van der Waals surface area contributed by atoms with Crippen LogP contribution in [-0.4, -0.2) is 69.9 Å². The quantitative estimate of drug-likeness (QED) is 0.293. The summed E-state index contributed by atoms with van der Waals surface area (Å²) in [6, 6.07) is 13.7. The van der Waals surface area contributed by atoms with Gasteiger partial charge in [0.2, 0.25) is 5.28 Å². The molecule has 0 N–H and O–H groups in total. The molecular formula is C23H7B7ClN3. The Labute approximate surface area is 211 Å². The fraction of sp³-hybridized carbons (Fsp3) is 0. The van der Waals surface area contributed by atoms with Crippen LogP contribution in [0.2, 0.25) is 5.28 Å². The van der Waals surface area contributed by atoms with E-state index in [9.17, 15) is 0 Å². The van der Waals surface area contributed by atoms with Crippen molar-refractivity contribution in [3.8, 4) is 22.8 Å². The zero-order valence-electron chi connectivity index (χ0n) is 17.8. The van der Waals surface area contributed by atoms with E-state index in [1.165, 1.54) is 0 Å². The van der Waals surface area contributed by atoms with Crippen LogP contribution in [0, 0.1) is 0 Å². The first-order valence-electron chi connectivity index (χ1n) is 10.1. The number of fused-ring (bicyclic) bond motifs is 2. The fourth-order valence-electron chi connectivity index (χ4n) is 4.09. The van der Waals surface area contributed by atoms with Crippen LogP contribution in [0.4, 0.5) is 0 Å². The minimum absolute atomic E-state index is 0.0464. The molecule has 5 rings (SSSR count). The summed E-state index contributed by atoms with van der Waals surface area (Å²) < 4.78 is 0. The largest absolute Gasteiger partial charge is 0.226 e. The third-order valence-electron chi connectivity index (χ3n) is 5.87. The molecular weight excluding hydrogens is 429 g/mol. The van der Waals surface area contributed by atoms with Gasteiger partial charge in [0.25, 0.3) is 0 Å². The Hall–Kier alpha value is -2.85. The molecule has 3 nitrogen and oxygen atoms in total. The van der Waals surface area contributed by atoms with Gasteiger partial charge in [-0.25, -0.2) is 4.98 Å². The van der Waals surface area contributed by atoms with Gasteiger partial charge < -0.3 is 0 Å². The average Bonchev–Trinajstić information content (AvgIpc) is 2.83. The van der Waals surface area contributed by atoms with Gasteiger partial charge in [-0.1, -0.05) is 63.7 Å². The summed E-state index contributed by atoms with van der Waals surface area (Å²) in [6.07, 6.45) is 0. The lowest BCUT2D eigenvalue weighted by Crippen LogP contribution is -2.52. The molecule has 142 valence electrons. The number of hydrogen-bond acceptors (Lipinski definition) is 3. The Morgan fingerprint density at radius 2 is 1.09 bits per heavy atom. The minimum Gasteiger partial charge on any atom is -0.208 e. The lowest BCUT2D eigenvalue weighted by molar-refractivity contribution is 1.07. The number of halogens is 1. The summed E-state index contributed by atoms with van der Waals surface area (Å²) in [5.41, 5.74) is 1.80. The maximum atomic E-state index is 6.51. The van der Waals surface area contributed by atoms with Gasteiger partial charge in [-0.05, 0) is 39.2 Å². The van der Waals surface area contributed by atoms with Gasteiger partial charge in [0.05, 0.1) is 0 Å². The Kier molecular flexibility index (Phi) is 5.68.